The number of carbonyl (C=O) groups is 1. The average molecular weight is 412 g/mol. The molecule has 1 amide bonds. The normalized spacial score (nSPS) is 11.0. The van der Waals surface area contributed by atoms with Crippen molar-refractivity contribution < 1.29 is 13.9 Å². The van der Waals surface area contributed by atoms with E-state index in [0.717, 1.165) is 27.5 Å². The number of carbonyl (C=O) groups excluding carboxylic acids is 1. The van der Waals surface area contributed by atoms with Crippen LogP contribution in [0, 0.1) is 12.7 Å². The Labute approximate surface area is 180 Å². The van der Waals surface area contributed by atoms with E-state index in [0.29, 0.717) is 11.3 Å². The standard InChI is InChI=1S/C26H21FN2O2/c1-18-5-4-7-21(15-18)26(30)29-28-16-24-23-8-3-2-6-20(23)11-14-25(24)31-17-19-9-12-22(27)13-10-19/h2-16H,17H2,1H3,(H,29,30). The maximum Gasteiger partial charge on any atom is 0.271 e. The second-order valence-electron chi connectivity index (χ2n) is 7.18. The number of aryl methyl sites for hydroxylation is 1. The number of nitrogens with one attached hydrogen (secondary N) is 1. The Hall–Kier alpha value is -3.99. The lowest BCUT2D eigenvalue weighted by molar-refractivity contribution is 0.0955. The number of hydrazone groups is 1. The minimum atomic E-state index is -0.286. The third-order valence-corrected chi connectivity index (χ3v) is 4.88. The first-order valence-electron chi connectivity index (χ1n) is 9.89. The molecule has 0 heterocycles. The van der Waals surface area contributed by atoms with E-state index in [1.165, 1.54) is 12.1 Å². The van der Waals surface area contributed by atoms with E-state index < -0.39 is 0 Å². The predicted molar refractivity (Wildman–Crippen MR) is 121 cm³/mol. The lowest BCUT2D eigenvalue weighted by atomic mass is 10.0. The third-order valence-electron chi connectivity index (χ3n) is 4.88. The molecule has 0 fully saturated rings. The van der Waals surface area contributed by atoms with Gasteiger partial charge >= 0.3 is 0 Å². The van der Waals surface area contributed by atoms with E-state index in [2.05, 4.69) is 10.5 Å². The molecule has 0 saturated carbocycles. The van der Waals surface area contributed by atoms with Gasteiger partial charge < -0.3 is 4.74 Å². The Bertz CT molecular complexity index is 1250. The summed E-state index contributed by atoms with van der Waals surface area (Å²) in [7, 11) is 0. The van der Waals surface area contributed by atoms with Gasteiger partial charge in [0.1, 0.15) is 18.2 Å². The molecule has 0 bridgehead atoms. The number of benzene rings is 4. The van der Waals surface area contributed by atoms with E-state index in [9.17, 15) is 9.18 Å². The molecule has 0 aromatic heterocycles. The van der Waals surface area contributed by atoms with Crippen LogP contribution in [0.1, 0.15) is 27.0 Å². The van der Waals surface area contributed by atoms with Gasteiger partial charge in [-0.2, -0.15) is 5.10 Å². The number of hydrogen-bond acceptors (Lipinski definition) is 3. The highest BCUT2D eigenvalue weighted by atomic mass is 19.1. The van der Waals surface area contributed by atoms with E-state index in [-0.39, 0.29) is 18.3 Å². The number of amides is 1. The molecule has 0 atom stereocenters. The van der Waals surface area contributed by atoms with Gasteiger partial charge in [-0.25, -0.2) is 9.82 Å². The van der Waals surface area contributed by atoms with Gasteiger partial charge in [0.25, 0.3) is 5.91 Å². The topological polar surface area (TPSA) is 50.7 Å². The summed E-state index contributed by atoms with van der Waals surface area (Å²) < 4.78 is 19.1. The van der Waals surface area contributed by atoms with E-state index >= 15 is 0 Å². The minimum Gasteiger partial charge on any atom is -0.488 e. The molecular formula is C26H21FN2O2. The number of rotatable bonds is 6. The molecule has 0 radical (unpaired) electrons. The summed E-state index contributed by atoms with van der Waals surface area (Å²) in [6.45, 7) is 2.22. The summed E-state index contributed by atoms with van der Waals surface area (Å²) in [6, 6.07) is 25.2. The Kier molecular flexibility index (Phi) is 6.03. The summed E-state index contributed by atoms with van der Waals surface area (Å²) in [6.07, 6.45) is 1.59. The number of fused-ring (bicyclic) bond motifs is 1. The summed E-state index contributed by atoms with van der Waals surface area (Å²) in [5.74, 6) is 0.0529. The molecule has 4 nitrogen and oxygen atoms in total. The van der Waals surface area contributed by atoms with Crippen LogP contribution in [0.25, 0.3) is 10.8 Å². The lowest BCUT2D eigenvalue weighted by Crippen LogP contribution is -2.17. The zero-order valence-electron chi connectivity index (χ0n) is 17.0. The van der Waals surface area contributed by atoms with Gasteiger partial charge in [-0.05, 0) is 53.6 Å². The molecule has 0 saturated heterocycles. The molecule has 0 aliphatic rings. The smallest absolute Gasteiger partial charge is 0.271 e. The van der Waals surface area contributed by atoms with Gasteiger partial charge in [0, 0.05) is 11.1 Å². The van der Waals surface area contributed by atoms with E-state index in [1.54, 1.807) is 30.5 Å². The highest BCUT2D eigenvalue weighted by Gasteiger charge is 2.09. The first-order chi connectivity index (χ1) is 15.1. The van der Waals surface area contributed by atoms with Crippen LogP contribution in [0.15, 0.2) is 90.0 Å². The minimum absolute atomic E-state index is 0.283. The molecule has 1 N–H and O–H groups in total. The van der Waals surface area contributed by atoms with Crippen molar-refractivity contribution in [2.24, 2.45) is 5.10 Å². The molecule has 5 heteroatoms. The fourth-order valence-corrected chi connectivity index (χ4v) is 3.28. The van der Waals surface area contributed by atoms with Crippen LogP contribution in [-0.2, 0) is 6.61 Å². The third kappa shape index (κ3) is 4.95. The van der Waals surface area contributed by atoms with Crippen LogP contribution < -0.4 is 10.2 Å². The van der Waals surface area contributed by atoms with Crippen LogP contribution in [0.2, 0.25) is 0 Å². The number of hydrogen-bond donors (Lipinski definition) is 1. The van der Waals surface area contributed by atoms with Crippen LogP contribution in [0.5, 0.6) is 5.75 Å². The SMILES string of the molecule is Cc1cccc(C(=O)NN=Cc2c(OCc3ccc(F)cc3)ccc3ccccc23)c1. The van der Waals surface area contributed by atoms with Gasteiger partial charge in [0.05, 0.1) is 6.21 Å². The van der Waals surface area contributed by atoms with E-state index in [1.807, 2.05) is 55.5 Å². The van der Waals surface area contributed by atoms with E-state index in [4.69, 9.17) is 4.74 Å². The molecule has 4 aromatic carbocycles. The Morgan fingerprint density at radius 3 is 2.61 bits per heavy atom. The molecule has 4 rings (SSSR count). The maximum atomic E-state index is 13.1. The average Bonchev–Trinajstić information content (AvgIpc) is 2.79. The molecule has 0 unspecified atom stereocenters. The monoisotopic (exact) mass is 412 g/mol. The van der Waals surface area contributed by atoms with Gasteiger partial charge in [0.2, 0.25) is 0 Å². The zero-order valence-corrected chi connectivity index (χ0v) is 17.0. The second kappa shape index (κ2) is 9.22. The van der Waals surface area contributed by atoms with Crippen LogP contribution in [0.4, 0.5) is 4.39 Å². The Morgan fingerprint density at radius 1 is 1.00 bits per heavy atom. The van der Waals surface area contributed by atoms with Crippen molar-refractivity contribution >= 4 is 22.9 Å². The highest BCUT2D eigenvalue weighted by molar-refractivity contribution is 6.03. The van der Waals surface area contributed by atoms with Crippen molar-refractivity contribution in [1.82, 2.24) is 5.43 Å². The molecule has 0 aliphatic carbocycles. The summed E-state index contributed by atoms with van der Waals surface area (Å²) >= 11 is 0. The fourth-order valence-electron chi connectivity index (χ4n) is 3.28. The van der Waals surface area contributed by atoms with Crippen molar-refractivity contribution in [3.8, 4) is 5.75 Å². The molecular weight excluding hydrogens is 391 g/mol. The summed E-state index contributed by atoms with van der Waals surface area (Å²) in [5.41, 5.74) is 5.73. The van der Waals surface area contributed by atoms with Crippen molar-refractivity contribution in [3.05, 3.63) is 113 Å². The second-order valence-corrected chi connectivity index (χ2v) is 7.18. The van der Waals surface area contributed by atoms with Crippen LogP contribution in [-0.4, -0.2) is 12.1 Å². The molecule has 31 heavy (non-hydrogen) atoms. The van der Waals surface area contributed by atoms with Gasteiger partial charge in [-0.3, -0.25) is 4.79 Å². The van der Waals surface area contributed by atoms with Gasteiger partial charge in [0.15, 0.2) is 0 Å². The summed E-state index contributed by atoms with van der Waals surface area (Å²) in [4.78, 5) is 12.4. The van der Waals surface area contributed by atoms with Crippen molar-refractivity contribution in [3.63, 3.8) is 0 Å². The first-order valence-corrected chi connectivity index (χ1v) is 9.89. The summed E-state index contributed by atoms with van der Waals surface area (Å²) in [5, 5.41) is 6.15. The largest absolute Gasteiger partial charge is 0.488 e. The predicted octanol–water partition coefficient (Wildman–Crippen LogP) is 5.63. The number of ether oxygens (including phenoxy) is 1. The quantitative estimate of drug-likeness (QED) is 0.330. The van der Waals surface area contributed by atoms with Gasteiger partial charge in [-0.15, -0.1) is 0 Å². The fraction of sp³-hybridized carbons (Fsp3) is 0.0769. The zero-order chi connectivity index (χ0) is 21.6. The van der Waals surface area contributed by atoms with Gasteiger partial charge in [-0.1, -0.05) is 60.2 Å². The lowest BCUT2D eigenvalue weighted by Gasteiger charge is -2.12. The number of nitrogens with zero attached hydrogens (tertiary/aromatic N) is 1. The van der Waals surface area contributed by atoms with Crippen LogP contribution in [0.3, 0.4) is 0 Å². The Balaban J connectivity index is 1.58. The Morgan fingerprint density at radius 2 is 1.81 bits per heavy atom. The first kappa shape index (κ1) is 20.3. The van der Waals surface area contributed by atoms with Crippen molar-refractivity contribution in [1.29, 1.82) is 0 Å². The molecule has 0 spiro atoms. The molecule has 0 aliphatic heterocycles. The molecule has 154 valence electrons. The van der Waals surface area contributed by atoms with Crippen molar-refractivity contribution in [2.75, 3.05) is 0 Å². The maximum absolute atomic E-state index is 13.1. The van der Waals surface area contributed by atoms with Crippen LogP contribution >= 0.6 is 0 Å². The highest BCUT2D eigenvalue weighted by Crippen LogP contribution is 2.27. The van der Waals surface area contributed by atoms with Crippen molar-refractivity contribution in [2.45, 2.75) is 13.5 Å². The number of halogens is 1. The molecule has 4 aromatic rings.